The molecule has 6 heteroatoms. The summed E-state index contributed by atoms with van der Waals surface area (Å²) >= 11 is 1.81. The molecule has 1 amide bonds. The highest BCUT2D eigenvalue weighted by Gasteiger charge is 2.26. The van der Waals surface area contributed by atoms with E-state index in [1.807, 2.05) is 23.1 Å². The number of hydrogen-bond acceptors (Lipinski definition) is 5. The van der Waals surface area contributed by atoms with Gasteiger partial charge in [0.25, 0.3) is 0 Å². The van der Waals surface area contributed by atoms with Gasteiger partial charge in [0.15, 0.2) is 11.5 Å². The molecule has 0 N–H and O–H groups in total. The zero-order valence-electron chi connectivity index (χ0n) is 15.3. The van der Waals surface area contributed by atoms with Crippen LogP contribution in [-0.2, 0) is 11.2 Å². The molecule has 1 saturated heterocycles. The number of benzene rings is 1. The number of likely N-dealkylation sites (tertiary alicyclic amines) is 1. The van der Waals surface area contributed by atoms with Crippen LogP contribution >= 0.6 is 11.3 Å². The van der Waals surface area contributed by atoms with Gasteiger partial charge in [-0.3, -0.25) is 4.79 Å². The van der Waals surface area contributed by atoms with Crippen LogP contribution in [0.2, 0.25) is 0 Å². The first-order chi connectivity index (χ1) is 12.6. The molecular weight excluding hydrogens is 348 g/mol. The molecule has 0 unspecified atom stereocenters. The first-order valence-electron chi connectivity index (χ1n) is 9.20. The molecule has 0 aliphatic carbocycles. The molecule has 138 valence electrons. The van der Waals surface area contributed by atoms with Crippen molar-refractivity contribution in [1.29, 1.82) is 0 Å². The van der Waals surface area contributed by atoms with E-state index in [-0.39, 0.29) is 5.91 Å². The van der Waals surface area contributed by atoms with Crippen molar-refractivity contribution in [3.8, 4) is 11.5 Å². The molecule has 2 aliphatic rings. The summed E-state index contributed by atoms with van der Waals surface area (Å²) in [6.45, 7) is 6.97. The molecule has 0 atom stereocenters. The number of piperidine rings is 1. The first-order valence-corrected chi connectivity index (χ1v) is 10.0. The number of hydrogen-bond donors (Lipinski definition) is 0. The fourth-order valence-corrected chi connectivity index (χ4v) is 4.62. The van der Waals surface area contributed by atoms with Crippen LogP contribution in [0.5, 0.6) is 11.5 Å². The Bertz CT molecular complexity index is 790. The Balaban J connectivity index is 1.35. The summed E-state index contributed by atoms with van der Waals surface area (Å²) in [5, 5.41) is 1.24. The summed E-state index contributed by atoms with van der Waals surface area (Å²) in [5.74, 6) is 2.19. The third-order valence-corrected chi connectivity index (χ3v) is 6.44. The van der Waals surface area contributed by atoms with Crippen LogP contribution in [-0.4, -0.2) is 42.1 Å². The predicted molar refractivity (Wildman–Crippen MR) is 101 cm³/mol. The second kappa shape index (κ2) is 7.27. The lowest BCUT2D eigenvalue weighted by atomic mass is 9.97. The van der Waals surface area contributed by atoms with E-state index >= 15 is 0 Å². The molecule has 1 fully saturated rings. The zero-order valence-corrected chi connectivity index (χ0v) is 16.1. The van der Waals surface area contributed by atoms with Gasteiger partial charge in [-0.15, -0.1) is 11.3 Å². The van der Waals surface area contributed by atoms with Gasteiger partial charge in [0, 0.05) is 23.9 Å². The van der Waals surface area contributed by atoms with Gasteiger partial charge in [-0.2, -0.15) is 0 Å². The third kappa shape index (κ3) is 3.56. The van der Waals surface area contributed by atoms with Crippen LogP contribution in [0.25, 0.3) is 0 Å². The van der Waals surface area contributed by atoms with Gasteiger partial charge in [0.2, 0.25) is 5.91 Å². The molecule has 2 aliphatic heterocycles. The molecule has 0 bridgehead atoms. The van der Waals surface area contributed by atoms with Crippen LogP contribution in [0.1, 0.15) is 39.9 Å². The number of nitrogens with zero attached hydrogens (tertiary/aromatic N) is 2. The second-order valence-corrected chi connectivity index (χ2v) is 8.24. The van der Waals surface area contributed by atoms with E-state index in [0.717, 1.165) is 48.7 Å². The summed E-state index contributed by atoms with van der Waals surface area (Å²) in [6.07, 6.45) is 2.41. The highest BCUT2D eigenvalue weighted by atomic mass is 32.1. The van der Waals surface area contributed by atoms with Crippen molar-refractivity contribution < 1.29 is 14.3 Å². The van der Waals surface area contributed by atoms with Crippen molar-refractivity contribution in [3.05, 3.63) is 39.3 Å². The Morgan fingerprint density at radius 2 is 1.92 bits per heavy atom. The topological polar surface area (TPSA) is 51.7 Å². The molecule has 3 heterocycles. The highest BCUT2D eigenvalue weighted by Crippen LogP contribution is 2.33. The SMILES string of the molecule is Cc1nc(C2CCN(C(=O)Cc3ccc4c(c3)OCCO4)CC2)sc1C. The molecule has 5 nitrogen and oxygen atoms in total. The Labute approximate surface area is 157 Å². The van der Waals surface area contributed by atoms with Gasteiger partial charge in [0.05, 0.1) is 17.1 Å². The number of rotatable bonds is 3. The summed E-state index contributed by atoms with van der Waals surface area (Å²) in [6, 6.07) is 5.79. The predicted octanol–water partition coefficient (Wildman–Crippen LogP) is 3.48. The lowest BCUT2D eigenvalue weighted by molar-refractivity contribution is -0.131. The minimum atomic E-state index is 0.187. The van der Waals surface area contributed by atoms with Gasteiger partial charge in [-0.1, -0.05) is 6.07 Å². The van der Waals surface area contributed by atoms with Gasteiger partial charge < -0.3 is 14.4 Å². The second-order valence-electron chi connectivity index (χ2n) is 7.00. The highest BCUT2D eigenvalue weighted by molar-refractivity contribution is 7.11. The molecule has 0 saturated carbocycles. The number of fused-ring (bicyclic) bond motifs is 1. The quantitative estimate of drug-likeness (QED) is 0.828. The first kappa shape index (κ1) is 17.3. The number of aryl methyl sites for hydroxylation is 2. The molecule has 0 radical (unpaired) electrons. The minimum Gasteiger partial charge on any atom is -0.486 e. The maximum Gasteiger partial charge on any atom is 0.226 e. The van der Waals surface area contributed by atoms with Crippen molar-refractivity contribution in [2.24, 2.45) is 0 Å². The minimum absolute atomic E-state index is 0.187. The molecule has 4 rings (SSSR count). The van der Waals surface area contributed by atoms with E-state index in [9.17, 15) is 4.79 Å². The summed E-state index contributed by atoms with van der Waals surface area (Å²) in [4.78, 5) is 20.7. The Morgan fingerprint density at radius 1 is 1.19 bits per heavy atom. The van der Waals surface area contributed by atoms with E-state index in [1.54, 1.807) is 11.3 Å². The standard InChI is InChI=1S/C20H24N2O3S/c1-13-14(2)26-20(21-13)16-5-7-22(8-6-16)19(23)12-15-3-4-17-18(11-15)25-10-9-24-17/h3-4,11,16H,5-10,12H2,1-2H3. The molecule has 2 aromatic rings. The Morgan fingerprint density at radius 3 is 2.62 bits per heavy atom. The maximum atomic E-state index is 12.7. The molecular formula is C20H24N2O3S. The summed E-state index contributed by atoms with van der Waals surface area (Å²) in [7, 11) is 0. The lowest BCUT2D eigenvalue weighted by Gasteiger charge is -2.31. The van der Waals surface area contributed by atoms with Crippen LogP contribution in [0.15, 0.2) is 18.2 Å². The zero-order chi connectivity index (χ0) is 18.1. The van der Waals surface area contributed by atoms with E-state index in [0.29, 0.717) is 25.6 Å². The van der Waals surface area contributed by atoms with Gasteiger partial charge in [-0.25, -0.2) is 4.98 Å². The monoisotopic (exact) mass is 372 g/mol. The lowest BCUT2D eigenvalue weighted by Crippen LogP contribution is -2.38. The average Bonchev–Trinajstić information content (AvgIpc) is 3.00. The average molecular weight is 372 g/mol. The largest absolute Gasteiger partial charge is 0.486 e. The van der Waals surface area contributed by atoms with Crippen molar-refractivity contribution in [2.45, 2.75) is 39.0 Å². The van der Waals surface area contributed by atoms with Crippen molar-refractivity contribution in [3.63, 3.8) is 0 Å². The molecule has 0 spiro atoms. The molecule has 26 heavy (non-hydrogen) atoms. The number of thiazole rings is 1. The van der Waals surface area contributed by atoms with Crippen LogP contribution < -0.4 is 9.47 Å². The normalized spacial score (nSPS) is 17.4. The summed E-state index contributed by atoms with van der Waals surface area (Å²) < 4.78 is 11.1. The number of ether oxygens (including phenoxy) is 2. The Hall–Kier alpha value is -2.08. The van der Waals surface area contributed by atoms with Gasteiger partial charge in [-0.05, 0) is 44.4 Å². The fourth-order valence-electron chi connectivity index (χ4n) is 3.53. The third-order valence-electron chi connectivity index (χ3n) is 5.20. The van der Waals surface area contributed by atoms with E-state index < -0.39 is 0 Å². The van der Waals surface area contributed by atoms with Crippen LogP contribution in [0.4, 0.5) is 0 Å². The number of aromatic nitrogens is 1. The molecule has 1 aromatic carbocycles. The van der Waals surface area contributed by atoms with Crippen LogP contribution in [0.3, 0.4) is 0 Å². The van der Waals surface area contributed by atoms with Crippen LogP contribution in [0, 0.1) is 13.8 Å². The van der Waals surface area contributed by atoms with Gasteiger partial charge in [0.1, 0.15) is 13.2 Å². The van der Waals surface area contributed by atoms with Gasteiger partial charge >= 0.3 is 0 Å². The van der Waals surface area contributed by atoms with Crippen molar-refractivity contribution in [2.75, 3.05) is 26.3 Å². The van der Waals surface area contributed by atoms with Crippen molar-refractivity contribution in [1.82, 2.24) is 9.88 Å². The number of amides is 1. The maximum absolute atomic E-state index is 12.7. The Kier molecular flexibility index (Phi) is 4.85. The summed E-state index contributed by atoms with van der Waals surface area (Å²) in [5.41, 5.74) is 2.12. The van der Waals surface area contributed by atoms with E-state index in [4.69, 9.17) is 14.5 Å². The van der Waals surface area contributed by atoms with Crippen molar-refractivity contribution >= 4 is 17.2 Å². The number of carbonyl (C=O) groups is 1. The molecule has 1 aromatic heterocycles. The van der Waals surface area contributed by atoms with E-state index in [1.165, 1.54) is 9.88 Å². The fraction of sp³-hybridized carbons (Fsp3) is 0.500. The number of carbonyl (C=O) groups excluding carboxylic acids is 1. The smallest absolute Gasteiger partial charge is 0.226 e. The van der Waals surface area contributed by atoms with E-state index in [2.05, 4.69) is 13.8 Å².